The molecule has 0 aliphatic rings. The Kier molecular flexibility index (Phi) is 5.86. The van der Waals surface area contributed by atoms with E-state index in [0.29, 0.717) is 22.0 Å². The van der Waals surface area contributed by atoms with Gasteiger partial charge in [-0.1, -0.05) is 42.5 Å². The van der Waals surface area contributed by atoms with E-state index in [2.05, 4.69) is 25.8 Å². The maximum Gasteiger partial charge on any atom is 0.433 e. The number of amides is 2. The fourth-order valence-corrected chi connectivity index (χ4v) is 4.06. The van der Waals surface area contributed by atoms with Gasteiger partial charge in [-0.25, -0.2) is 9.50 Å². The molecule has 0 unspecified atom stereocenters. The van der Waals surface area contributed by atoms with Crippen LogP contribution in [0.3, 0.4) is 0 Å². The van der Waals surface area contributed by atoms with E-state index in [1.54, 1.807) is 31.2 Å². The third-order valence-corrected chi connectivity index (χ3v) is 5.85. The van der Waals surface area contributed by atoms with Gasteiger partial charge in [0.05, 0.1) is 17.6 Å². The summed E-state index contributed by atoms with van der Waals surface area (Å²) in [5, 5.41) is 14.5. The minimum Gasteiger partial charge on any atom is -0.354 e. The molecule has 0 atom stereocenters. The monoisotopic (exact) mass is 507 g/mol. The van der Waals surface area contributed by atoms with E-state index in [1.165, 1.54) is 17.9 Å². The lowest BCUT2D eigenvalue weighted by Crippen LogP contribution is -2.21. The van der Waals surface area contributed by atoms with Gasteiger partial charge in [0, 0.05) is 25.4 Å². The van der Waals surface area contributed by atoms with Crippen molar-refractivity contribution < 1.29 is 22.8 Å². The van der Waals surface area contributed by atoms with Crippen molar-refractivity contribution in [1.29, 1.82) is 0 Å². The molecule has 2 amide bonds. The lowest BCUT2D eigenvalue weighted by molar-refractivity contribution is -0.142. The minimum atomic E-state index is -4.77. The van der Waals surface area contributed by atoms with Gasteiger partial charge < -0.3 is 10.6 Å². The van der Waals surface area contributed by atoms with E-state index in [4.69, 9.17) is 0 Å². The van der Waals surface area contributed by atoms with Crippen molar-refractivity contribution in [3.8, 4) is 11.3 Å². The number of carbonyl (C=O) groups is 2. The van der Waals surface area contributed by atoms with Crippen LogP contribution in [0.25, 0.3) is 27.7 Å². The quantitative estimate of drug-likeness (QED) is 0.367. The van der Waals surface area contributed by atoms with Crippen molar-refractivity contribution >= 4 is 33.9 Å². The molecule has 0 saturated carbocycles. The number of aromatic nitrogens is 5. The van der Waals surface area contributed by atoms with E-state index in [9.17, 15) is 22.8 Å². The maximum absolute atomic E-state index is 14.1. The molecular formula is C25H20F3N7O2. The van der Waals surface area contributed by atoms with Gasteiger partial charge in [-0.15, -0.1) is 0 Å². The molecule has 37 heavy (non-hydrogen) atoms. The number of anilines is 1. The normalized spacial score (nSPS) is 11.7. The van der Waals surface area contributed by atoms with Gasteiger partial charge in [0.1, 0.15) is 5.56 Å². The molecule has 9 nitrogen and oxygen atoms in total. The number of benzene rings is 2. The summed E-state index contributed by atoms with van der Waals surface area (Å²) >= 11 is 0. The van der Waals surface area contributed by atoms with Crippen molar-refractivity contribution in [3.05, 3.63) is 77.9 Å². The van der Waals surface area contributed by atoms with Crippen LogP contribution in [0.4, 0.5) is 18.9 Å². The highest BCUT2D eigenvalue weighted by atomic mass is 19.4. The Balaban J connectivity index is 1.66. The molecule has 0 aliphatic heterocycles. The number of hydrogen-bond acceptors (Lipinski definition) is 5. The largest absolute Gasteiger partial charge is 0.433 e. The third-order valence-electron chi connectivity index (χ3n) is 5.85. The van der Waals surface area contributed by atoms with Gasteiger partial charge in [0.15, 0.2) is 17.0 Å². The second-order valence-corrected chi connectivity index (χ2v) is 8.13. The molecule has 3 aromatic heterocycles. The average Bonchev–Trinajstić information content (AvgIpc) is 3.50. The smallest absolute Gasteiger partial charge is 0.354 e. The van der Waals surface area contributed by atoms with Crippen LogP contribution in [0, 0.1) is 0 Å². The highest BCUT2D eigenvalue weighted by Crippen LogP contribution is 2.35. The predicted octanol–water partition coefficient (Wildman–Crippen LogP) is 4.40. The first kappa shape index (κ1) is 24.0. The molecule has 0 spiro atoms. The number of nitrogens with one attached hydrogen (secondary N) is 2. The van der Waals surface area contributed by atoms with Crippen molar-refractivity contribution in [2.75, 3.05) is 12.4 Å². The van der Waals surface area contributed by atoms with Crippen LogP contribution in [-0.2, 0) is 12.7 Å². The number of carbonyl (C=O) groups excluding carboxylic acids is 2. The summed E-state index contributed by atoms with van der Waals surface area (Å²) in [4.78, 5) is 29.9. The first-order valence-corrected chi connectivity index (χ1v) is 11.3. The second-order valence-electron chi connectivity index (χ2n) is 8.13. The van der Waals surface area contributed by atoms with E-state index in [0.717, 1.165) is 17.6 Å². The molecule has 0 fully saturated rings. The van der Waals surface area contributed by atoms with Crippen LogP contribution < -0.4 is 10.6 Å². The molecule has 5 rings (SSSR count). The molecule has 0 saturated heterocycles. The molecule has 12 heteroatoms. The Morgan fingerprint density at radius 1 is 1.05 bits per heavy atom. The SMILES string of the molecule is CCn1cc(NC(=O)c2cnn3c(C(F)(F)F)cc(-c4cccc5ccccc45)nc23)c(C(=O)NC)n1. The van der Waals surface area contributed by atoms with E-state index in [-0.39, 0.29) is 28.3 Å². The zero-order valence-electron chi connectivity index (χ0n) is 19.7. The summed E-state index contributed by atoms with van der Waals surface area (Å²) in [6.45, 7) is 2.23. The van der Waals surface area contributed by atoms with Crippen molar-refractivity contribution in [2.24, 2.45) is 0 Å². The summed E-state index contributed by atoms with van der Waals surface area (Å²) < 4.78 is 44.2. The van der Waals surface area contributed by atoms with Gasteiger partial charge in [-0.2, -0.15) is 23.4 Å². The van der Waals surface area contributed by atoms with Crippen LogP contribution in [0.5, 0.6) is 0 Å². The van der Waals surface area contributed by atoms with Crippen LogP contribution >= 0.6 is 0 Å². The molecule has 3 heterocycles. The summed E-state index contributed by atoms with van der Waals surface area (Å²) in [5.41, 5.74) is -0.967. The molecule has 5 aromatic rings. The first-order valence-electron chi connectivity index (χ1n) is 11.3. The Bertz CT molecular complexity index is 1670. The lowest BCUT2D eigenvalue weighted by Gasteiger charge is -2.13. The second kappa shape index (κ2) is 9.04. The van der Waals surface area contributed by atoms with Crippen molar-refractivity contribution in [1.82, 2.24) is 29.7 Å². The van der Waals surface area contributed by atoms with Crippen LogP contribution in [0.2, 0.25) is 0 Å². The summed E-state index contributed by atoms with van der Waals surface area (Å²) in [6.07, 6.45) is -2.29. The van der Waals surface area contributed by atoms with Gasteiger partial charge >= 0.3 is 6.18 Å². The molecule has 0 bridgehead atoms. The minimum absolute atomic E-state index is 0.0328. The van der Waals surface area contributed by atoms with Gasteiger partial charge in [-0.3, -0.25) is 14.3 Å². The van der Waals surface area contributed by atoms with E-state index >= 15 is 0 Å². The fourth-order valence-electron chi connectivity index (χ4n) is 4.06. The molecular weight excluding hydrogens is 487 g/mol. The zero-order valence-corrected chi connectivity index (χ0v) is 19.7. The number of fused-ring (bicyclic) bond motifs is 2. The average molecular weight is 507 g/mol. The third kappa shape index (κ3) is 4.26. The van der Waals surface area contributed by atoms with Gasteiger partial charge in [-0.05, 0) is 23.8 Å². The van der Waals surface area contributed by atoms with Crippen molar-refractivity contribution in [3.63, 3.8) is 0 Å². The Morgan fingerprint density at radius 3 is 2.54 bits per heavy atom. The Labute approximate surface area is 207 Å². The van der Waals surface area contributed by atoms with Gasteiger partial charge in [0.2, 0.25) is 0 Å². The molecule has 2 N–H and O–H groups in total. The zero-order chi connectivity index (χ0) is 26.3. The number of nitrogens with zero attached hydrogens (tertiary/aromatic N) is 5. The van der Waals surface area contributed by atoms with E-state index < -0.39 is 23.7 Å². The van der Waals surface area contributed by atoms with Crippen LogP contribution in [0.15, 0.2) is 60.9 Å². The predicted molar refractivity (Wildman–Crippen MR) is 130 cm³/mol. The standard InChI is InChI=1S/C25H20F3N7O2/c1-3-34-13-19(21(33-34)24(37)29-2)32-23(36)17-12-30-35-20(25(26,27)28)11-18(31-22(17)35)16-10-6-8-14-7-4-5-9-15(14)16/h4-13H,3H2,1-2H3,(H,29,37)(H,32,36). The highest BCUT2D eigenvalue weighted by molar-refractivity contribution is 6.11. The maximum atomic E-state index is 14.1. The number of alkyl halides is 3. The summed E-state index contributed by atoms with van der Waals surface area (Å²) in [7, 11) is 1.42. The Hall–Kier alpha value is -4.74. The number of rotatable bonds is 5. The lowest BCUT2D eigenvalue weighted by atomic mass is 10.0. The summed E-state index contributed by atoms with van der Waals surface area (Å²) in [6, 6.07) is 13.4. The molecule has 2 aromatic carbocycles. The fraction of sp³-hybridized carbons (Fsp3) is 0.160. The van der Waals surface area contributed by atoms with Crippen molar-refractivity contribution in [2.45, 2.75) is 19.6 Å². The highest BCUT2D eigenvalue weighted by Gasteiger charge is 2.36. The topological polar surface area (TPSA) is 106 Å². The molecule has 188 valence electrons. The van der Waals surface area contributed by atoms with E-state index in [1.807, 2.05) is 18.2 Å². The number of halogens is 3. The molecule has 0 radical (unpaired) electrons. The number of hydrogen-bond donors (Lipinski definition) is 2. The van der Waals surface area contributed by atoms with Crippen LogP contribution in [0.1, 0.15) is 33.5 Å². The molecule has 0 aliphatic carbocycles. The summed E-state index contributed by atoms with van der Waals surface area (Å²) in [5.74, 6) is -1.32. The first-order chi connectivity index (χ1) is 17.7. The van der Waals surface area contributed by atoms with Gasteiger partial charge in [0.25, 0.3) is 11.8 Å². The van der Waals surface area contributed by atoms with Crippen LogP contribution in [-0.4, -0.2) is 43.2 Å². The Morgan fingerprint density at radius 2 is 1.81 bits per heavy atom. The number of aryl methyl sites for hydroxylation is 1.